The van der Waals surface area contributed by atoms with Gasteiger partial charge in [-0.15, -0.1) is 0 Å². The van der Waals surface area contributed by atoms with Gasteiger partial charge in [0.25, 0.3) is 5.91 Å². The van der Waals surface area contributed by atoms with E-state index in [-0.39, 0.29) is 11.7 Å². The highest BCUT2D eigenvalue weighted by molar-refractivity contribution is 6.04. The van der Waals surface area contributed by atoms with Crippen LogP contribution in [0, 0.1) is 0 Å². The van der Waals surface area contributed by atoms with E-state index in [2.05, 4.69) is 15.3 Å². The van der Waals surface area contributed by atoms with E-state index in [0.29, 0.717) is 30.9 Å². The van der Waals surface area contributed by atoms with E-state index in [1.165, 1.54) is 12.8 Å². The predicted molar refractivity (Wildman–Crippen MR) is 144 cm³/mol. The number of benzene rings is 2. The van der Waals surface area contributed by atoms with Gasteiger partial charge in [-0.2, -0.15) is 5.10 Å². The van der Waals surface area contributed by atoms with Crippen LogP contribution in [0.1, 0.15) is 41.7 Å². The Kier molecular flexibility index (Phi) is 7.56. The Labute approximate surface area is 216 Å². The van der Waals surface area contributed by atoms with Crippen molar-refractivity contribution in [2.24, 2.45) is 7.05 Å². The first kappa shape index (κ1) is 24.6. The van der Waals surface area contributed by atoms with E-state index in [0.717, 1.165) is 42.0 Å². The molecule has 5 rings (SSSR count). The van der Waals surface area contributed by atoms with E-state index in [9.17, 15) is 9.59 Å². The zero-order valence-corrected chi connectivity index (χ0v) is 21.1. The van der Waals surface area contributed by atoms with Crippen molar-refractivity contribution in [2.75, 3.05) is 25.0 Å². The van der Waals surface area contributed by atoms with Gasteiger partial charge in [-0.3, -0.25) is 29.1 Å². The van der Waals surface area contributed by atoms with Gasteiger partial charge >= 0.3 is 0 Å². The second-order valence-electron chi connectivity index (χ2n) is 9.57. The van der Waals surface area contributed by atoms with Crippen LogP contribution < -0.4 is 5.32 Å². The topological polar surface area (TPSA) is 85.0 Å². The summed E-state index contributed by atoms with van der Waals surface area (Å²) in [6.45, 7) is 2.61. The van der Waals surface area contributed by atoms with Gasteiger partial charge in [-0.05, 0) is 68.6 Å². The van der Waals surface area contributed by atoms with Crippen molar-refractivity contribution in [1.82, 2.24) is 24.2 Å². The first-order chi connectivity index (χ1) is 18.0. The molecular weight excluding hydrogens is 464 g/mol. The highest BCUT2D eigenvalue weighted by Gasteiger charge is 2.17. The molecule has 0 aliphatic carbocycles. The molecule has 1 N–H and O–H groups in total. The summed E-state index contributed by atoms with van der Waals surface area (Å²) in [6.07, 6.45) is 9.96. The minimum atomic E-state index is -0.235. The lowest BCUT2D eigenvalue weighted by Gasteiger charge is -2.12. The van der Waals surface area contributed by atoms with Gasteiger partial charge in [-0.25, -0.2) is 4.98 Å². The number of Topliss-reactive ketones (excluding diaryl/α,β-unsaturated/α-hetero) is 1. The number of aryl methyl sites for hydroxylation is 2. The third-order valence-electron chi connectivity index (χ3n) is 6.67. The Morgan fingerprint density at radius 1 is 0.973 bits per heavy atom. The van der Waals surface area contributed by atoms with Gasteiger partial charge in [0.05, 0.1) is 18.4 Å². The zero-order chi connectivity index (χ0) is 25.6. The summed E-state index contributed by atoms with van der Waals surface area (Å²) in [5.74, 6) is 0.508. The van der Waals surface area contributed by atoms with Crippen LogP contribution in [0.25, 0.3) is 16.8 Å². The third-order valence-corrected chi connectivity index (χ3v) is 6.67. The monoisotopic (exact) mass is 496 g/mol. The van der Waals surface area contributed by atoms with Crippen LogP contribution in [-0.2, 0) is 18.3 Å². The molecule has 1 fully saturated rings. The molecule has 4 aromatic rings. The number of likely N-dealkylation sites (tertiary alicyclic amines) is 1. The van der Waals surface area contributed by atoms with Gasteiger partial charge in [0, 0.05) is 42.7 Å². The summed E-state index contributed by atoms with van der Waals surface area (Å²) in [5, 5.41) is 7.22. The minimum absolute atomic E-state index is 0.235. The molecule has 2 aromatic carbocycles. The number of anilines is 1. The van der Waals surface area contributed by atoms with Crippen LogP contribution in [0.15, 0.2) is 73.2 Å². The molecule has 8 nitrogen and oxygen atoms in total. The maximum absolute atomic E-state index is 13.2. The Balaban J connectivity index is 1.29. The number of para-hydroxylation sites is 1. The molecule has 1 aliphatic rings. The molecule has 1 amide bonds. The van der Waals surface area contributed by atoms with Crippen molar-refractivity contribution in [1.29, 1.82) is 0 Å². The van der Waals surface area contributed by atoms with Crippen LogP contribution >= 0.6 is 0 Å². The van der Waals surface area contributed by atoms with Crippen LogP contribution in [0.3, 0.4) is 0 Å². The number of nitrogens with one attached hydrogen (secondary N) is 1. The molecule has 8 heteroatoms. The van der Waals surface area contributed by atoms with E-state index < -0.39 is 0 Å². The van der Waals surface area contributed by atoms with E-state index >= 15 is 0 Å². The van der Waals surface area contributed by atoms with Crippen LogP contribution in [0.2, 0.25) is 0 Å². The molecule has 2 aromatic heterocycles. The normalized spacial score (nSPS) is 13.6. The Morgan fingerprint density at radius 3 is 2.54 bits per heavy atom. The lowest BCUT2D eigenvalue weighted by molar-refractivity contribution is -0.120. The van der Waals surface area contributed by atoms with Crippen molar-refractivity contribution in [3.05, 3.63) is 84.4 Å². The molecule has 1 aliphatic heterocycles. The van der Waals surface area contributed by atoms with Crippen LogP contribution in [0.4, 0.5) is 5.95 Å². The van der Waals surface area contributed by atoms with Gasteiger partial charge in [0.2, 0.25) is 5.95 Å². The standard InChI is InChI=1S/C29H32N6O2/c1-33-19-24(18-30-33)22-9-7-10-23(17-22)28(37)32-29-31-25(20-35(29)26-12-3-2-4-13-26)11-8-14-27(36)21-34-15-5-6-16-34/h2-4,7,9-10,12-13,17-20H,5-6,8,11,14-16,21H2,1H3,(H,31,32,37). The number of hydrogen-bond acceptors (Lipinski definition) is 5. The fourth-order valence-corrected chi connectivity index (χ4v) is 4.74. The smallest absolute Gasteiger partial charge is 0.258 e. The molecule has 0 bridgehead atoms. The molecule has 3 heterocycles. The molecule has 1 saturated heterocycles. The predicted octanol–water partition coefficient (Wildman–Crippen LogP) is 4.51. The maximum Gasteiger partial charge on any atom is 0.258 e. The summed E-state index contributed by atoms with van der Waals surface area (Å²) < 4.78 is 3.63. The van der Waals surface area contributed by atoms with E-state index in [1.807, 2.05) is 72.5 Å². The number of amides is 1. The number of aromatic nitrogens is 4. The Morgan fingerprint density at radius 2 is 1.78 bits per heavy atom. The van der Waals surface area contributed by atoms with E-state index in [4.69, 9.17) is 4.98 Å². The molecular formula is C29H32N6O2. The second-order valence-corrected chi connectivity index (χ2v) is 9.57. The third kappa shape index (κ3) is 6.21. The molecule has 0 unspecified atom stereocenters. The van der Waals surface area contributed by atoms with Crippen molar-refractivity contribution >= 4 is 17.6 Å². The van der Waals surface area contributed by atoms with Crippen molar-refractivity contribution < 1.29 is 9.59 Å². The molecule has 37 heavy (non-hydrogen) atoms. The first-order valence-corrected chi connectivity index (χ1v) is 12.8. The molecule has 0 atom stereocenters. The lowest BCUT2D eigenvalue weighted by atomic mass is 10.1. The number of rotatable bonds is 10. The second kappa shape index (κ2) is 11.3. The number of carbonyl (C=O) groups is 2. The average molecular weight is 497 g/mol. The first-order valence-electron chi connectivity index (χ1n) is 12.8. The number of imidazole rings is 1. The number of nitrogens with zero attached hydrogens (tertiary/aromatic N) is 5. The maximum atomic E-state index is 13.2. The molecule has 0 radical (unpaired) electrons. The largest absolute Gasteiger partial charge is 0.298 e. The molecule has 190 valence electrons. The summed E-state index contributed by atoms with van der Waals surface area (Å²) in [7, 11) is 1.87. The zero-order valence-electron chi connectivity index (χ0n) is 21.1. The Bertz CT molecular complexity index is 1370. The van der Waals surface area contributed by atoms with Gasteiger partial charge < -0.3 is 0 Å². The van der Waals surface area contributed by atoms with Gasteiger partial charge in [0.15, 0.2) is 0 Å². The summed E-state index contributed by atoms with van der Waals surface area (Å²) >= 11 is 0. The highest BCUT2D eigenvalue weighted by atomic mass is 16.2. The van der Waals surface area contributed by atoms with Gasteiger partial charge in [0.1, 0.15) is 5.78 Å². The van der Waals surface area contributed by atoms with Crippen LogP contribution in [-0.4, -0.2) is 55.6 Å². The summed E-state index contributed by atoms with van der Waals surface area (Å²) in [5.41, 5.74) is 4.16. The number of carbonyl (C=O) groups excluding carboxylic acids is 2. The van der Waals surface area contributed by atoms with Crippen molar-refractivity contribution in [3.63, 3.8) is 0 Å². The minimum Gasteiger partial charge on any atom is -0.298 e. The SMILES string of the molecule is Cn1cc(-c2cccc(C(=O)Nc3nc(CCCC(=O)CN4CCCC4)cn3-c3ccccc3)c2)cn1. The van der Waals surface area contributed by atoms with Crippen molar-refractivity contribution in [2.45, 2.75) is 32.1 Å². The van der Waals surface area contributed by atoms with Crippen LogP contribution in [0.5, 0.6) is 0 Å². The fraction of sp³-hybridized carbons (Fsp3) is 0.310. The quantitative estimate of drug-likeness (QED) is 0.349. The Hall–Kier alpha value is -4.04. The highest BCUT2D eigenvalue weighted by Crippen LogP contribution is 2.22. The number of ketones is 1. The molecule has 0 spiro atoms. The summed E-state index contributed by atoms with van der Waals surface area (Å²) in [6, 6.07) is 17.3. The number of hydrogen-bond donors (Lipinski definition) is 1. The lowest BCUT2D eigenvalue weighted by Crippen LogP contribution is -2.26. The van der Waals surface area contributed by atoms with E-state index in [1.54, 1.807) is 16.9 Å². The average Bonchev–Trinajstić information content (AvgIpc) is 3.67. The molecule has 0 saturated carbocycles. The van der Waals surface area contributed by atoms with Gasteiger partial charge in [-0.1, -0.05) is 30.3 Å². The fourth-order valence-electron chi connectivity index (χ4n) is 4.74. The summed E-state index contributed by atoms with van der Waals surface area (Å²) in [4.78, 5) is 32.6. The van der Waals surface area contributed by atoms with Crippen molar-refractivity contribution in [3.8, 4) is 16.8 Å².